The van der Waals surface area contributed by atoms with Crippen LogP contribution in [0.1, 0.15) is 37.0 Å². The van der Waals surface area contributed by atoms with E-state index in [0.717, 1.165) is 41.8 Å². The molecule has 1 aliphatic heterocycles. The number of alkyl halides is 3. The zero-order valence-corrected chi connectivity index (χ0v) is 16.3. The second-order valence-electron chi connectivity index (χ2n) is 7.11. The molecule has 1 heterocycles. The van der Waals surface area contributed by atoms with Crippen molar-refractivity contribution in [2.45, 2.75) is 39.3 Å². The van der Waals surface area contributed by atoms with E-state index in [1.807, 2.05) is 32.0 Å². The van der Waals surface area contributed by atoms with Gasteiger partial charge < -0.3 is 10.2 Å². The number of nitrogens with zero attached hydrogens (tertiary/aromatic N) is 1. The van der Waals surface area contributed by atoms with E-state index >= 15 is 0 Å². The third kappa shape index (κ3) is 4.44. The fraction of sp³-hybridized carbons (Fsp3) is 0.364. The normalized spacial score (nSPS) is 16.9. The highest BCUT2D eigenvalue weighted by atomic mass is 19.4. The highest BCUT2D eigenvalue weighted by molar-refractivity contribution is 6.04. The largest absolute Gasteiger partial charge is 0.416 e. The van der Waals surface area contributed by atoms with Gasteiger partial charge in [-0.3, -0.25) is 9.59 Å². The first-order valence-electron chi connectivity index (χ1n) is 9.63. The summed E-state index contributed by atoms with van der Waals surface area (Å²) >= 11 is 0. The van der Waals surface area contributed by atoms with Gasteiger partial charge in [0.05, 0.1) is 11.5 Å². The van der Waals surface area contributed by atoms with Gasteiger partial charge in [-0.15, -0.1) is 0 Å². The Kier molecular flexibility index (Phi) is 5.96. The number of carbonyl (C=O) groups excluding carboxylic acids is 2. The Morgan fingerprint density at radius 1 is 1.10 bits per heavy atom. The molecule has 1 atom stereocenters. The van der Waals surface area contributed by atoms with E-state index < -0.39 is 23.6 Å². The van der Waals surface area contributed by atoms with Crippen LogP contribution in [0.15, 0.2) is 42.5 Å². The lowest BCUT2D eigenvalue weighted by Crippen LogP contribution is -2.29. The lowest BCUT2D eigenvalue weighted by Gasteiger charge is -2.23. The van der Waals surface area contributed by atoms with Gasteiger partial charge in [0.2, 0.25) is 11.8 Å². The number of benzene rings is 2. The Labute approximate surface area is 167 Å². The summed E-state index contributed by atoms with van der Waals surface area (Å²) in [6, 6.07) is 10.4. The van der Waals surface area contributed by atoms with Crippen LogP contribution < -0.4 is 10.2 Å². The fourth-order valence-corrected chi connectivity index (χ4v) is 3.68. The van der Waals surface area contributed by atoms with Crippen LogP contribution in [-0.4, -0.2) is 18.4 Å². The summed E-state index contributed by atoms with van der Waals surface area (Å²) < 4.78 is 38.6. The molecule has 1 fully saturated rings. The van der Waals surface area contributed by atoms with Crippen molar-refractivity contribution < 1.29 is 22.8 Å². The number of aryl methyl sites for hydroxylation is 2. The number of halogens is 3. The van der Waals surface area contributed by atoms with Crippen molar-refractivity contribution in [2.75, 3.05) is 16.8 Å². The minimum absolute atomic E-state index is 0.0337. The Morgan fingerprint density at radius 2 is 1.72 bits per heavy atom. The smallest absolute Gasteiger partial charge is 0.326 e. The molecule has 7 heteroatoms. The van der Waals surface area contributed by atoms with Crippen LogP contribution in [-0.2, 0) is 28.6 Å². The first kappa shape index (κ1) is 20.9. The van der Waals surface area contributed by atoms with Gasteiger partial charge in [0.15, 0.2) is 0 Å². The minimum Gasteiger partial charge on any atom is -0.326 e. The van der Waals surface area contributed by atoms with Crippen molar-refractivity contribution in [2.24, 2.45) is 5.92 Å². The monoisotopic (exact) mass is 404 g/mol. The molecule has 0 radical (unpaired) electrons. The quantitative estimate of drug-likeness (QED) is 0.777. The number of hydrogen-bond donors (Lipinski definition) is 1. The van der Waals surface area contributed by atoms with E-state index in [0.29, 0.717) is 0 Å². The van der Waals surface area contributed by atoms with Gasteiger partial charge in [0, 0.05) is 24.3 Å². The fourth-order valence-electron chi connectivity index (χ4n) is 3.68. The molecule has 0 unspecified atom stereocenters. The summed E-state index contributed by atoms with van der Waals surface area (Å²) in [6.07, 6.45) is -2.94. The van der Waals surface area contributed by atoms with Gasteiger partial charge in [-0.2, -0.15) is 13.2 Å². The molecule has 0 saturated carbocycles. The van der Waals surface area contributed by atoms with Crippen molar-refractivity contribution in [1.29, 1.82) is 0 Å². The molecule has 29 heavy (non-hydrogen) atoms. The first-order chi connectivity index (χ1) is 13.7. The summed E-state index contributed by atoms with van der Waals surface area (Å²) in [5, 5.41) is 2.53. The maximum absolute atomic E-state index is 12.9. The topological polar surface area (TPSA) is 49.4 Å². The highest BCUT2D eigenvalue weighted by Crippen LogP contribution is 2.34. The number of nitrogens with one attached hydrogen (secondary N) is 1. The standard InChI is InChI=1S/C22H23F3N2O2/c1-3-14-7-5-8-15(4-2)20(14)27-13-16(11-19(27)28)21(29)26-18-10-6-9-17(12-18)22(23,24)25/h5-10,12,16H,3-4,11,13H2,1-2H3,(H,26,29)/t16-/m1/s1. The van der Waals surface area contributed by atoms with E-state index in [-0.39, 0.29) is 24.6 Å². The van der Waals surface area contributed by atoms with Crippen molar-refractivity contribution in [3.05, 3.63) is 59.2 Å². The van der Waals surface area contributed by atoms with Crippen LogP contribution in [0.2, 0.25) is 0 Å². The second-order valence-corrected chi connectivity index (χ2v) is 7.11. The lowest BCUT2D eigenvalue weighted by atomic mass is 10.0. The molecule has 2 aromatic rings. The molecular formula is C22H23F3N2O2. The van der Waals surface area contributed by atoms with Crippen LogP contribution in [0, 0.1) is 5.92 Å². The molecule has 4 nitrogen and oxygen atoms in total. The van der Waals surface area contributed by atoms with Crippen molar-refractivity contribution in [1.82, 2.24) is 0 Å². The summed E-state index contributed by atoms with van der Waals surface area (Å²) in [5.74, 6) is -1.22. The molecule has 154 valence electrons. The van der Waals surface area contributed by atoms with Crippen LogP contribution in [0.3, 0.4) is 0 Å². The van der Waals surface area contributed by atoms with Gasteiger partial charge in [-0.25, -0.2) is 0 Å². The summed E-state index contributed by atoms with van der Waals surface area (Å²) in [7, 11) is 0. The average molecular weight is 404 g/mol. The van der Waals surface area contributed by atoms with Crippen LogP contribution >= 0.6 is 0 Å². The zero-order chi connectivity index (χ0) is 21.2. The predicted molar refractivity (Wildman–Crippen MR) is 106 cm³/mol. The number of para-hydroxylation sites is 1. The summed E-state index contributed by atoms with van der Waals surface area (Å²) in [5.41, 5.74) is 2.17. The van der Waals surface area contributed by atoms with Gasteiger partial charge in [0.25, 0.3) is 0 Å². The number of carbonyl (C=O) groups is 2. The van der Waals surface area contributed by atoms with Crippen LogP contribution in [0.5, 0.6) is 0 Å². The summed E-state index contributed by atoms with van der Waals surface area (Å²) in [4.78, 5) is 26.9. The van der Waals surface area contributed by atoms with E-state index in [2.05, 4.69) is 5.32 Å². The van der Waals surface area contributed by atoms with Gasteiger partial charge in [0.1, 0.15) is 0 Å². The Bertz CT molecular complexity index is 902. The van der Waals surface area contributed by atoms with Crippen molar-refractivity contribution >= 4 is 23.2 Å². The molecule has 3 rings (SSSR count). The average Bonchev–Trinajstić information content (AvgIpc) is 3.08. The second kappa shape index (κ2) is 8.27. The third-order valence-electron chi connectivity index (χ3n) is 5.19. The van der Waals surface area contributed by atoms with E-state index in [1.54, 1.807) is 4.90 Å². The molecular weight excluding hydrogens is 381 g/mol. The highest BCUT2D eigenvalue weighted by Gasteiger charge is 2.37. The van der Waals surface area contributed by atoms with Gasteiger partial charge in [-0.05, 0) is 42.2 Å². The molecule has 0 aliphatic carbocycles. The first-order valence-corrected chi connectivity index (χ1v) is 9.63. The minimum atomic E-state index is -4.48. The van der Waals surface area contributed by atoms with E-state index in [1.165, 1.54) is 12.1 Å². The molecule has 0 aromatic heterocycles. The number of rotatable bonds is 5. The zero-order valence-electron chi connectivity index (χ0n) is 16.3. The molecule has 2 aromatic carbocycles. The number of amides is 2. The molecule has 2 amide bonds. The predicted octanol–water partition coefficient (Wildman–Crippen LogP) is 4.82. The number of hydrogen-bond acceptors (Lipinski definition) is 2. The maximum atomic E-state index is 12.9. The Morgan fingerprint density at radius 3 is 2.31 bits per heavy atom. The molecule has 1 saturated heterocycles. The molecule has 1 aliphatic rings. The van der Waals surface area contributed by atoms with Crippen LogP contribution in [0.25, 0.3) is 0 Å². The maximum Gasteiger partial charge on any atom is 0.416 e. The van der Waals surface area contributed by atoms with Crippen molar-refractivity contribution in [3.63, 3.8) is 0 Å². The Hall–Kier alpha value is -2.83. The van der Waals surface area contributed by atoms with Gasteiger partial charge >= 0.3 is 6.18 Å². The van der Waals surface area contributed by atoms with E-state index in [4.69, 9.17) is 0 Å². The summed E-state index contributed by atoms with van der Waals surface area (Å²) in [6.45, 7) is 4.24. The number of anilines is 2. The van der Waals surface area contributed by atoms with Crippen LogP contribution in [0.4, 0.5) is 24.5 Å². The molecule has 1 N–H and O–H groups in total. The van der Waals surface area contributed by atoms with Gasteiger partial charge in [-0.1, -0.05) is 38.1 Å². The van der Waals surface area contributed by atoms with Crippen molar-refractivity contribution in [3.8, 4) is 0 Å². The van der Waals surface area contributed by atoms with E-state index in [9.17, 15) is 22.8 Å². The molecule has 0 spiro atoms. The molecule has 0 bridgehead atoms. The SMILES string of the molecule is CCc1cccc(CC)c1N1C[C@H](C(=O)Nc2cccc(C(F)(F)F)c2)CC1=O. The third-order valence-corrected chi connectivity index (χ3v) is 5.19. The Balaban J connectivity index is 1.78. The lowest BCUT2D eigenvalue weighted by molar-refractivity contribution is -0.137.